The molecule has 2 aromatic heterocycles. The minimum absolute atomic E-state index is 0.291. The SMILES string of the molecule is OC(Cc1cc(Br)cs1)c1ccncc1F. The standard InChI is InChI=1S/C11H9BrFNOS/c12-7-3-8(16-6-7)4-11(15)9-1-2-14-5-10(9)13/h1-3,5-6,11,15H,4H2. The number of aromatic nitrogens is 1. The largest absolute Gasteiger partial charge is 0.388 e. The first-order valence-corrected chi connectivity index (χ1v) is 6.34. The first kappa shape index (κ1) is 11.7. The summed E-state index contributed by atoms with van der Waals surface area (Å²) in [4.78, 5) is 4.66. The lowest BCUT2D eigenvalue weighted by Gasteiger charge is -2.09. The van der Waals surface area contributed by atoms with Crippen LogP contribution < -0.4 is 0 Å². The summed E-state index contributed by atoms with van der Waals surface area (Å²) in [7, 11) is 0. The lowest BCUT2D eigenvalue weighted by Crippen LogP contribution is -2.03. The molecule has 5 heteroatoms. The molecule has 16 heavy (non-hydrogen) atoms. The third-order valence-corrected chi connectivity index (χ3v) is 3.90. The summed E-state index contributed by atoms with van der Waals surface area (Å²) in [6, 6.07) is 3.43. The molecule has 0 aliphatic carbocycles. The number of halogens is 2. The highest BCUT2D eigenvalue weighted by Gasteiger charge is 2.14. The third-order valence-electron chi connectivity index (χ3n) is 2.18. The van der Waals surface area contributed by atoms with Crippen LogP contribution in [0, 0.1) is 5.82 Å². The van der Waals surface area contributed by atoms with Crippen LogP contribution in [0.5, 0.6) is 0 Å². The van der Waals surface area contributed by atoms with Crippen molar-refractivity contribution in [2.24, 2.45) is 0 Å². The zero-order valence-electron chi connectivity index (χ0n) is 8.23. The molecule has 0 spiro atoms. The summed E-state index contributed by atoms with van der Waals surface area (Å²) in [5.74, 6) is -0.467. The van der Waals surface area contributed by atoms with Crippen LogP contribution in [-0.4, -0.2) is 10.1 Å². The van der Waals surface area contributed by atoms with E-state index in [0.717, 1.165) is 15.5 Å². The number of rotatable bonds is 3. The molecule has 1 N–H and O–H groups in total. The molecule has 0 radical (unpaired) electrons. The minimum atomic E-state index is -0.825. The molecule has 0 aliphatic heterocycles. The average molecular weight is 302 g/mol. The fourth-order valence-corrected chi connectivity index (χ4v) is 2.91. The Labute approximate surface area is 105 Å². The van der Waals surface area contributed by atoms with Gasteiger partial charge in [0.25, 0.3) is 0 Å². The Morgan fingerprint density at radius 2 is 2.38 bits per heavy atom. The van der Waals surface area contributed by atoms with Crippen LogP contribution in [0.15, 0.2) is 34.4 Å². The molecule has 0 saturated heterocycles. The zero-order valence-corrected chi connectivity index (χ0v) is 10.6. The van der Waals surface area contributed by atoms with Gasteiger partial charge in [0.2, 0.25) is 0 Å². The molecule has 2 rings (SSSR count). The van der Waals surface area contributed by atoms with Crippen LogP contribution in [0.3, 0.4) is 0 Å². The van der Waals surface area contributed by atoms with Gasteiger partial charge in [-0.1, -0.05) is 0 Å². The molecular weight excluding hydrogens is 293 g/mol. The molecule has 2 heterocycles. The summed E-state index contributed by atoms with van der Waals surface area (Å²) >= 11 is 4.87. The second kappa shape index (κ2) is 5.03. The van der Waals surface area contributed by atoms with E-state index in [0.29, 0.717) is 12.0 Å². The molecule has 0 bridgehead atoms. The Morgan fingerprint density at radius 3 is 3.00 bits per heavy atom. The van der Waals surface area contributed by atoms with Gasteiger partial charge in [0.05, 0.1) is 12.3 Å². The van der Waals surface area contributed by atoms with Crippen LogP contribution in [0.1, 0.15) is 16.5 Å². The van der Waals surface area contributed by atoms with E-state index in [4.69, 9.17) is 0 Å². The van der Waals surface area contributed by atoms with Crippen molar-refractivity contribution in [2.45, 2.75) is 12.5 Å². The average Bonchev–Trinajstić information content (AvgIpc) is 2.64. The summed E-state index contributed by atoms with van der Waals surface area (Å²) < 4.78 is 14.3. The molecule has 2 nitrogen and oxygen atoms in total. The molecule has 1 atom stereocenters. The lowest BCUT2D eigenvalue weighted by atomic mass is 10.1. The number of nitrogens with zero attached hydrogens (tertiary/aromatic N) is 1. The van der Waals surface area contributed by atoms with E-state index in [1.165, 1.54) is 23.6 Å². The highest BCUT2D eigenvalue weighted by Crippen LogP contribution is 2.26. The van der Waals surface area contributed by atoms with Gasteiger partial charge >= 0.3 is 0 Å². The Bertz CT molecular complexity index is 488. The van der Waals surface area contributed by atoms with Crippen LogP contribution in [-0.2, 0) is 6.42 Å². The van der Waals surface area contributed by atoms with Crippen molar-refractivity contribution in [3.63, 3.8) is 0 Å². The van der Waals surface area contributed by atoms with Gasteiger partial charge in [-0.15, -0.1) is 11.3 Å². The van der Waals surface area contributed by atoms with E-state index in [-0.39, 0.29) is 0 Å². The molecule has 0 saturated carbocycles. The first-order valence-electron chi connectivity index (χ1n) is 4.67. The number of hydrogen-bond acceptors (Lipinski definition) is 3. The second-order valence-electron chi connectivity index (χ2n) is 3.35. The number of aliphatic hydroxyl groups excluding tert-OH is 1. The Hall–Kier alpha value is -0.780. The first-order chi connectivity index (χ1) is 7.66. The molecule has 0 fully saturated rings. The van der Waals surface area contributed by atoms with Gasteiger partial charge in [0, 0.05) is 32.9 Å². The summed E-state index contributed by atoms with van der Waals surface area (Å²) in [5, 5.41) is 11.8. The zero-order chi connectivity index (χ0) is 11.5. The van der Waals surface area contributed by atoms with Crippen LogP contribution in [0.25, 0.3) is 0 Å². The van der Waals surface area contributed by atoms with Crippen LogP contribution in [0.4, 0.5) is 4.39 Å². The lowest BCUT2D eigenvalue weighted by molar-refractivity contribution is 0.174. The van der Waals surface area contributed by atoms with Crippen molar-refractivity contribution in [3.8, 4) is 0 Å². The van der Waals surface area contributed by atoms with Crippen molar-refractivity contribution in [1.29, 1.82) is 0 Å². The highest BCUT2D eigenvalue weighted by molar-refractivity contribution is 9.10. The van der Waals surface area contributed by atoms with E-state index >= 15 is 0 Å². The van der Waals surface area contributed by atoms with E-state index in [1.807, 2.05) is 11.4 Å². The van der Waals surface area contributed by atoms with Crippen molar-refractivity contribution < 1.29 is 9.50 Å². The number of thiophene rings is 1. The van der Waals surface area contributed by atoms with Gasteiger partial charge in [-0.05, 0) is 28.1 Å². The van der Waals surface area contributed by atoms with Gasteiger partial charge in [-0.3, -0.25) is 4.98 Å². The predicted octanol–water partition coefficient (Wildman–Crippen LogP) is 3.32. The van der Waals surface area contributed by atoms with E-state index in [9.17, 15) is 9.50 Å². The normalized spacial score (nSPS) is 12.7. The predicted molar refractivity (Wildman–Crippen MR) is 64.9 cm³/mol. The van der Waals surface area contributed by atoms with Gasteiger partial charge < -0.3 is 5.11 Å². The third kappa shape index (κ3) is 2.66. The van der Waals surface area contributed by atoms with Gasteiger partial charge in [0.15, 0.2) is 0 Å². The molecule has 2 aromatic rings. The number of hydrogen-bond donors (Lipinski definition) is 1. The fourth-order valence-electron chi connectivity index (χ4n) is 1.42. The molecular formula is C11H9BrFNOS. The van der Waals surface area contributed by atoms with Gasteiger partial charge in [-0.25, -0.2) is 4.39 Å². The Kier molecular flexibility index (Phi) is 3.68. The second-order valence-corrected chi connectivity index (χ2v) is 5.26. The topological polar surface area (TPSA) is 33.1 Å². The minimum Gasteiger partial charge on any atom is -0.388 e. The quantitative estimate of drug-likeness (QED) is 0.943. The molecule has 1 unspecified atom stereocenters. The maximum Gasteiger partial charge on any atom is 0.147 e. The monoisotopic (exact) mass is 301 g/mol. The summed E-state index contributed by atoms with van der Waals surface area (Å²) in [6.07, 6.45) is 2.18. The van der Waals surface area contributed by atoms with E-state index in [2.05, 4.69) is 20.9 Å². The van der Waals surface area contributed by atoms with E-state index < -0.39 is 11.9 Å². The van der Waals surface area contributed by atoms with Crippen LogP contribution in [0.2, 0.25) is 0 Å². The molecule has 0 aromatic carbocycles. The van der Waals surface area contributed by atoms with E-state index in [1.54, 1.807) is 0 Å². The number of pyridine rings is 1. The van der Waals surface area contributed by atoms with Crippen LogP contribution >= 0.6 is 27.3 Å². The Morgan fingerprint density at radius 1 is 1.56 bits per heavy atom. The maximum absolute atomic E-state index is 13.3. The van der Waals surface area contributed by atoms with Crippen molar-refractivity contribution in [1.82, 2.24) is 4.98 Å². The Balaban J connectivity index is 2.14. The van der Waals surface area contributed by atoms with Crippen molar-refractivity contribution >= 4 is 27.3 Å². The van der Waals surface area contributed by atoms with Gasteiger partial charge in [0.1, 0.15) is 5.82 Å². The summed E-state index contributed by atoms with van der Waals surface area (Å²) in [6.45, 7) is 0. The smallest absolute Gasteiger partial charge is 0.147 e. The summed E-state index contributed by atoms with van der Waals surface area (Å²) in [5.41, 5.74) is 0.291. The number of aliphatic hydroxyl groups is 1. The molecule has 84 valence electrons. The van der Waals surface area contributed by atoms with Crippen molar-refractivity contribution in [2.75, 3.05) is 0 Å². The molecule has 0 aliphatic rings. The maximum atomic E-state index is 13.3. The highest BCUT2D eigenvalue weighted by atomic mass is 79.9. The van der Waals surface area contributed by atoms with Gasteiger partial charge in [-0.2, -0.15) is 0 Å². The fraction of sp³-hybridized carbons (Fsp3) is 0.182. The van der Waals surface area contributed by atoms with Crippen molar-refractivity contribution in [3.05, 3.63) is 50.6 Å². The molecule has 0 amide bonds.